The van der Waals surface area contributed by atoms with Gasteiger partial charge in [-0.1, -0.05) is 6.42 Å². The number of hydrogen-bond acceptors (Lipinski definition) is 6. The molecule has 0 bridgehead atoms. The van der Waals surface area contributed by atoms with Gasteiger partial charge in [-0.3, -0.25) is 4.79 Å². The van der Waals surface area contributed by atoms with E-state index in [0.717, 1.165) is 35.7 Å². The van der Waals surface area contributed by atoms with Crippen LogP contribution in [0.15, 0.2) is 50.6 Å². The van der Waals surface area contributed by atoms with Crippen molar-refractivity contribution in [1.29, 1.82) is 0 Å². The van der Waals surface area contributed by atoms with Gasteiger partial charge in [0.15, 0.2) is 11.6 Å². The van der Waals surface area contributed by atoms with Crippen LogP contribution in [0, 0.1) is 11.6 Å². The van der Waals surface area contributed by atoms with Gasteiger partial charge in [0, 0.05) is 44.7 Å². The van der Waals surface area contributed by atoms with Crippen molar-refractivity contribution in [2.24, 2.45) is 4.40 Å². The molecule has 3 aliphatic rings. The lowest BCUT2D eigenvalue weighted by Crippen LogP contribution is -2.50. The molecule has 0 aromatic heterocycles. The van der Waals surface area contributed by atoms with Gasteiger partial charge in [-0.25, -0.2) is 17.2 Å². The average Bonchev–Trinajstić information content (AvgIpc) is 3.10. The predicted octanol–water partition coefficient (Wildman–Crippen LogP) is 2.59. The summed E-state index contributed by atoms with van der Waals surface area (Å²) in [5.74, 6) is -2.31. The Labute approximate surface area is 208 Å². The van der Waals surface area contributed by atoms with Gasteiger partial charge in [0.05, 0.1) is 10.6 Å². The number of fused-ring (bicyclic) bond motifs is 3. The minimum atomic E-state index is -4.07. The number of sulfonamides is 2. The van der Waals surface area contributed by atoms with E-state index in [2.05, 4.69) is 4.40 Å². The fraction of sp³-hybridized carbons (Fsp3) is 0.391. The number of carbonyl (C=O) groups is 1. The number of rotatable bonds is 3. The first kappa shape index (κ1) is 24.8. The van der Waals surface area contributed by atoms with Gasteiger partial charge >= 0.3 is 0 Å². The van der Waals surface area contributed by atoms with Crippen LogP contribution in [0.3, 0.4) is 0 Å². The Morgan fingerprint density at radius 1 is 0.889 bits per heavy atom. The largest absolute Gasteiger partial charge is 0.336 e. The molecule has 36 heavy (non-hydrogen) atoms. The standard InChI is InChI=1S/C23H24F2N4O5S2/c24-18-7-6-17(15-19(18)25)36(33,34)28-12-10-27(11-13-28)23(30)16-5-8-20-21(14-16)35(31,32)26-22-4-2-1-3-9-29(20)22/h5-8,14-15H,1-4,9-13H2. The van der Waals surface area contributed by atoms with Crippen molar-refractivity contribution in [3.05, 3.63) is 53.6 Å². The van der Waals surface area contributed by atoms with Gasteiger partial charge < -0.3 is 9.80 Å². The van der Waals surface area contributed by atoms with Crippen molar-refractivity contribution in [3.63, 3.8) is 0 Å². The highest BCUT2D eigenvalue weighted by atomic mass is 32.2. The van der Waals surface area contributed by atoms with Gasteiger partial charge in [0.1, 0.15) is 10.7 Å². The summed E-state index contributed by atoms with van der Waals surface area (Å²) in [6.07, 6.45) is 3.35. The first-order chi connectivity index (χ1) is 17.1. The summed E-state index contributed by atoms with van der Waals surface area (Å²) in [6, 6.07) is 6.93. The second kappa shape index (κ2) is 9.20. The zero-order valence-corrected chi connectivity index (χ0v) is 20.9. The average molecular weight is 539 g/mol. The molecule has 2 aromatic rings. The van der Waals surface area contributed by atoms with Crippen LogP contribution in [0.1, 0.15) is 36.0 Å². The van der Waals surface area contributed by atoms with Gasteiger partial charge in [-0.15, -0.1) is 4.40 Å². The molecule has 2 fully saturated rings. The maximum absolute atomic E-state index is 13.6. The Balaban J connectivity index is 1.33. The minimum absolute atomic E-state index is 0.0152. The predicted molar refractivity (Wildman–Crippen MR) is 128 cm³/mol. The number of benzene rings is 2. The lowest BCUT2D eigenvalue weighted by atomic mass is 10.1. The van der Waals surface area contributed by atoms with Crippen molar-refractivity contribution < 1.29 is 30.4 Å². The third-order valence-electron chi connectivity index (χ3n) is 6.65. The number of hydrogen-bond donors (Lipinski definition) is 0. The van der Waals surface area contributed by atoms with E-state index in [-0.39, 0.29) is 41.5 Å². The molecular weight excluding hydrogens is 514 g/mol. The lowest BCUT2D eigenvalue weighted by Gasteiger charge is -2.34. The normalized spacial score (nSPS) is 20.2. The summed E-state index contributed by atoms with van der Waals surface area (Å²) in [4.78, 5) is 16.1. The van der Waals surface area contributed by atoms with Crippen LogP contribution in [0.2, 0.25) is 0 Å². The number of nitrogens with zero attached hydrogens (tertiary/aromatic N) is 4. The Kier molecular flexibility index (Phi) is 6.33. The van der Waals surface area contributed by atoms with Crippen molar-refractivity contribution in [3.8, 4) is 0 Å². The van der Waals surface area contributed by atoms with Crippen molar-refractivity contribution in [2.45, 2.75) is 35.5 Å². The van der Waals surface area contributed by atoms with Crippen molar-refractivity contribution in [1.82, 2.24) is 9.21 Å². The summed E-state index contributed by atoms with van der Waals surface area (Å²) in [7, 11) is -8.02. The van der Waals surface area contributed by atoms with Crippen LogP contribution in [0.25, 0.3) is 0 Å². The summed E-state index contributed by atoms with van der Waals surface area (Å²) < 4.78 is 83.2. The first-order valence-electron chi connectivity index (χ1n) is 11.6. The Morgan fingerprint density at radius 2 is 1.64 bits per heavy atom. The van der Waals surface area contributed by atoms with Crippen molar-refractivity contribution in [2.75, 3.05) is 37.6 Å². The molecule has 2 aromatic carbocycles. The van der Waals surface area contributed by atoms with E-state index in [1.165, 1.54) is 11.0 Å². The van der Waals surface area contributed by atoms with Gasteiger partial charge in [0.25, 0.3) is 15.9 Å². The Hall–Kier alpha value is -2.90. The topological polar surface area (TPSA) is 107 Å². The molecule has 0 atom stereocenters. The molecule has 2 saturated heterocycles. The molecule has 3 heterocycles. The number of halogens is 2. The number of carbonyl (C=O) groups excluding carboxylic acids is 1. The Morgan fingerprint density at radius 3 is 2.36 bits per heavy atom. The van der Waals surface area contributed by atoms with Crippen LogP contribution < -0.4 is 4.90 Å². The Bertz CT molecular complexity index is 1470. The van der Waals surface area contributed by atoms with Crippen LogP contribution in [-0.4, -0.2) is 70.5 Å². The fourth-order valence-corrected chi connectivity index (χ4v) is 7.43. The molecule has 0 spiro atoms. The smallest absolute Gasteiger partial charge is 0.286 e. The number of piperazine rings is 1. The quantitative estimate of drug-likeness (QED) is 0.595. The molecule has 0 N–H and O–H groups in total. The van der Waals surface area contributed by atoms with Gasteiger partial charge in [0.2, 0.25) is 10.0 Å². The molecule has 13 heteroatoms. The molecule has 0 radical (unpaired) electrons. The molecule has 192 valence electrons. The highest BCUT2D eigenvalue weighted by Gasteiger charge is 2.34. The highest BCUT2D eigenvalue weighted by molar-refractivity contribution is 7.90. The van der Waals surface area contributed by atoms with Gasteiger partial charge in [-0.05, 0) is 49.2 Å². The summed E-state index contributed by atoms with van der Waals surface area (Å²) in [5, 5.41) is 0. The van der Waals surface area contributed by atoms with E-state index in [4.69, 9.17) is 0 Å². The maximum Gasteiger partial charge on any atom is 0.286 e. The molecular formula is C23H24F2N4O5S2. The van der Waals surface area contributed by atoms with Crippen LogP contribution in [0.4, 0.5) is 14.5 Å². The molecule has 0 aliphatic carbocycles. The van der Waals surface area contributed by atoms with Crippen molar-refractivity contribution >= 4 is 37.5 Å². The minimum Gasteiger partial charge on any atom is -0.336 e. The fourth-order valence-electron chi connectivity index (χ4n) is 4.71. The van der Waals surface area contributed by atoms with E-state index in [9.17, 15) is 30.4 Å². The van der Waals surface area contributed by atoms with E-state index in [1.54, 1.807) is 12.1 Å². The lowest BCUT2D eigenvalue weighted by molar-refractivity contribution is 0.0697. The van der Waals surface area contributed by atoms with Crippen LogP contribution in [0.5, 0.6) is 0 Å². The van der Waals surface area contributed by atoms with E-state index < -0.39 is 37.6 Å². The number of anilines is 1. The molecule has 0 unspecified atom stereocenters. The molecule has 3 aliphatic heterocycles. The summed E-state index contributed by atoms with van der Waals surface area (Å²) >= 11 is 0. The van der Waals surface area contributed by atoms with E-state index in [1.807, 2.05) is 4.90 Å². The van der Waals surface area contributed by atoms with Crippen LogP contribution >= 0.6 is 0 Å². The summed E-state index contributed by atoms with van der Waals surface area (Å²) in [5.41, 5.74) is 0.684. The number of amidine groups is 1. The highest BCUT2D eigenvalue weighted by Crippen LogP contribution is 2.35. The second-order valence-corrected chi connectivity index (χ2v) is 12.4. The zero-order valence-electron chi connectivity index (χ0n) is 19.2. The second-order valence-electron chi connectivity index (χ2n) is 8.90. The molecule has 0 saturated carbocycles. The van der Waals surface area contributed by atoms with E-state index >= 15 is 0 Å². The third kappa shape index (κ3) is 4.39. The zero-order chi connectivity index (χ0) is 25.7. The number of amides is 1. The first-order valence-corrected chi connectivity index (χ1v) is 14.5. The van der Waals surface area contributed by atoms with Crippen LogP contribution in [-0.2, 0) is 20.0 Å². The summed E-state index contributed by atoms with van der Waals surface area (Å²) in [6.45, 7) is 0.679. The molecule has 9 nitrogen and oxygen atoms in total. The van der Waals surface area contributed by atoms with E-state index in [0.29, 0.717) is 30.6 Å². The monoisotopic (exact) mass is 538 g/mol. The molecule has 5 rings (SSSR count). The molecule has 1 amide bonds. The van der Waals surface area contributed by atoms with Gasteiger partial charge in [-0.2, -0.15) is 12.7 Å². The SMILES string of the molecule is O=C(c1ccc2c(c1)S(=O)(=O)N=C1CCCCCN12)N1CCN(S(=O)(=O)c2ccc(F)c(F)c2)CC1. The third-order valence-corrected chi connectivity index (χ3v) is 9.88. The maximum atomic E-state index is 13.6.